The third kappa shape index (κ3) is 4.90. The van der Waals surface area contributed by atoms with Gasteiger partial charge in [-0.15, -0.1) is 11.8 Å². The number of hydrogen-bond donors (Lipinski definition) is 0. The van der Waals surface area contributed by atoms with Crippen LogP contribution in [0.2, 0.25) is 0 Å². The maximum Gasteiger partial charge on any atom is 0.238 e. The van der Waals surface area contributed by atoms with Crippen molar-refractivity contribution in [2.75, 3.05) is 49.5 Å². The second-order valence-corrected chi connectivity index (χ2v) is 11.6. The lowest BCUT2D eigenvalue weighted by Crippen LogP contribution is -2.45. The Morgan fingerprint density at radius 1 is 1.03 bits per heavy atom. The van der Waals surface area contributed by atoms with E-state index in [1.54, 1.807) is 11.8 Å². The van der Waals surface area contributed by atoms with Crippen molar-refractivity contribution < 1.29 is 4.79 Å². The molecule has 1 aromatic rings. The second kappa shape index (κ2) is 9.25. The number of rotatable bonds is 7. The summed E-state index contributed by atoms with van der Waals surface area (Å²) in [4.78, 5) is 16.9. The molecule has 0 aliphatic carbocycles. The Bertz CT molecular complexity index is 772. The van der Waals surface area contributed by atoms with E-state index in [4.69, 9.17) is 0 Å². The quantitative estimate of drug-likeness (QED) is 0.485. The summed E-state index contributed by atoms with van der Waals surface area (Å²) in [5.74, 6) is 1.16. The van der Waals surface area contributed by atoms with Crippen molar-refractivity contribution in [1.29, 1.82) is 0 Å². The van der Waals surface area contributed by atoms with Crippen LogP contribution in [0.4, 0.5) is 5.69 Å². The van der Waals surface area contributed by atoms with E-state index < -0.39 is 0 Å². The fourth-order valence-corrected chi connectivity index (χ4v) is 6.79. The van der Waals surface area contributed by atoms with Gasteiger partial charge in [0.05, 0.1) is 16.3 Å². The normalized spacial score (nSPS) is 25.0. The molecular formula is C22H32N4OS2. The summed E-state index contributed by atoms with van der Waals surface area (Å²) in [6.45, 7) is 10.6. The van der Waals surface area contributed by atoms with Crippen LogP contribution in [-0.4, -0.2) is 75.3 Å². The zero-order valence-electron chi connectivity index (χ0n) is 17.5. The number of amides is 1. The number of para-hydroxylation sites is 1. The Hall–Kier alpha value is -1.28. The summed E-state index contributed by atoms with van der Waals surface area (Å²) in [5, 5.41) is 2.33. The lowest BCUT2D eigenvalue weighted by molar-refractivity contribution is -0.130. The van der Waals surface area contributed by atoms with E-state index in [0.29, 0.717) is 5.91 Å². The molecule has 1 atom stereocenters. The van der Waals surface area contributed by atoms with Crippen molar-refractivity contribution in [2.24, 2.45) is 0 Å². The Balaban J connectivity index is 1.18. The number of piperazine rings is 1. The molecule has 4 rings (SSSR count). The minimum absolute atomic E-state index is 0.0194. The first-order valence-electron chi connectivity index (χ1n) is 10.5. The number of carbonyl (C=O) groups is 1. The Morgan fingerprint density at radius 2 is 1.76 bits per heavy atom. The molecular weight excluding hydrogens is 400 g/mol. The lowest BCUT2D eigenvalue weighted by Gasteiger charge is -2.38. The molecule has 5 nitrogen and oxygen atoms in total. The Labute approximate surface area is 181 Å². The lowest BCUT2D eigenvalue weighted by atomic mass is 10.1. The van der Waals surface area contributed by atoms with Gasteiger partial charge in [-0.05, 0) is 67.7 Å². The van der Waals surface area contributed by atoms with Crippen LogP contribution in [0.1, 0.15) is 26.7 Å². The highest BCUT2D eigenvalue weighted by Gasteiger charge is 2.38. The molecule has 0 saturated carbocycles. The molecule has 3 aliphatic heterocycles. The average Bonchev–Trinajstić information content (AvgIpc) is 3.32. The summed E-state index contributed by atoms with van der Waals surface area (Å²) >= 11 is 1.76. The predicted molar refractivity (Wildman–Crippen MR) is 127 cm³/mol. The number of benzene rings is 1. The van der Waals surface area contributed by atoms with Crippen LogP contribution in [0, 0.1) is 0 Å². The molecule has 0 N–H and O–H groups in total. The van der Waals surface area contributed by atoms with E-state index >= 15 is 0 Å². The first kappa shape index (κ1) is 21.0. The van der Waals surface area contributed by atoms with Crippen LogP contribution in [0.5, 0.6) is 0 Å². The highest BCUT2D eigenvalue weighted by atomic mass is 32.2. The van der Waals surface area contributed by atoms with Crippen molar-refractivity contribution >= 4 is 39.6 Å². The van der Waals surface area contributed by atoms with Gasteiger partial charge in [-0.3, -0.25) is 9.10 Å². The predicted octanol–water partition coefficient (Wildman–Crippen LogP) is 3.63. The topological polar surface area (TPSA) is 30.0 Å². The Kier molecular flexibility index (Phi) is 6.69. The average molecular weight is 433 g/mol. The molecule has 0 bridgehead atoms. The van der Waals surface area contributed by atoms with Gasteiger partial charge in [0.25, 0.3) is 0 Å². The van der Waals surface area contributed by atoms with Gasteiger partial charge in [0.1, 0.15) is 0 Å². The number of nitrogens with zero attached hydrogens (tertiary/aromatic N) is 4. The van der Waals surface area contributed by atoms with Gasteiger partial charge in [-0.2, -0.15) is 0 Å². The van der Waals surface area contributed by atoms with Crippen LogP contribution in [0.25, 0.3) is 0 Å². The fraction of sp³-hybridized carbons (Fsp3) is 0.545. The highest BCUT2D eigenvalue weighted by Crippen LogP contribution is 2.35. The minimum atomic E-state index is -0.225. The monoisotopic (exact) mass is 432 g/mol. The smallest absolute Gasteiger partial charge is 0.238 e. The van der Waals surface area contributed by atoms with E-state index in [-0.39, 0.29) is 15.6 Å². The summed E-state index contributed by atoms with van der Waals surface area (Å²) in [5.41, 5.74) is 1.26. The van der Waals surface area contributed by atoms with Crippen LogP contribution in [-0.2, 0) is 4.79 Å². The first-order valence-corrected chi connectivity index (χ1v) is 12.7. The van der Waals surface area contributed by atoms with Crippen molar-refractivity contribution in [3.05, 3.63) is 42.6 Å². The van der Waals surface area contributed by atoms with E-state index in [1.807, 2.05) is 18.7 Å². The molecule has 0 radical (unpaired) electrons. The largest absolute Gasteiger partial charge is 0.332 e. The zero-order valence-corrected chi connectivity index (χ0v) is 19.1. The van der Waals surface area contributed by atoms with Gasteiger partial charge < -0.3 is 9.80 Å². The zero-order chi connectivity index (χ0) is 20.3. The molecule has 7 heteroatoms. The van der Waals surface area contributed by atoms with E-state index in [1.165, 1.54) is 12.1 Å². The highest BCUT2D eigenvalue weighted by molar-refractivity contribution is 8.14. The number of anilines is 1. The second-order valence-electron chi connectivity index (χ2n) is 8.26. The molecule has 2 saturated heterocycles. The third-order valence-electron chi connectivity index (χ3n) is 5.77. The molecule has 3 heterocycles. The third-order valence-corrected chi connectivity index (χ3v) is 9.13. The number of carbonyl (C=O) groups excluding carboxylic acids is 1. The number of hydrogen-bond acceptors (Lipinski definition) is 5. The molecule has 1 aromatic carbocycles. The maximum absolute atomic E-state index is 12.3. The van der Waals surface area contributed by atoms with Gasteiger partial charge in [0.2, 0.25) is 5.91 Å². The van der Waals surface area contributed by atoms with Gasteiger partial charge >= 0.3 is 0 Å². The van der Waals surface area contributed by atoms with Crippen molar-refractivity contribution in [2.45, 2.75) is 31.4 Å². The first-order chi connectivity index (χ1) is 14.0. The number of allylic oxidation sites excluding steroid dienone is 1. The van der Waals surface area contributed by atoms with Crippen LogP contribution in [0.15, 0.2) is 42.6 Å². The Morgan fingerprint density at radius 3 is 2.45 bits per heavy atom. The molecule has 1 unspecified atom stereocenters. The van der Waals surface area contributed by atoms with Crippen LogP contribution >= 0.6 is 22.6 Å². The number of thioether (sulfide) groups is 1. The van der Waals surface area contributed by atoms with E-state index in [2.05, 4.69) is 61.5 Å². The number of unbranched alkanes of at least 4 members (excludes halogenated alkanes) is 1. The van der Waals surface area contributed by atoms with Crippen molar-refractivity contribution in [3.8, 4) is 0 Å². The van der Waals surface area contributed by atoms with Gasteiger partial charge in [-0.1, -0.05) is 18.2 Å². The standard InChI is InChI=1S/C22H32N4OS2/c1-22(2)21(27)24(19-28-22)12-7-6-11-23-14-16-25(17-15-23)29-18-8-13-26(29)20-9-4-3-5-10-20/h3-5,8-10,13,18H,6-7,11-12,14-17,19H2,1-2H3. The molecule has 1 amide bonds. The summed E-state index contributed by atoms with van der Waals surface area (Å²) in [6.07, 6.45) is 6.66. The van der Waals surface area contributed by atoms with Crippen LogP contribution < -0.4 is 4.31 Å². The SMILES string of the molecule is CC1(C)SCN(CCCCN2CCN(S3=CC=CN3c3ccccc3)CC2)C1=O. The maximum atomic E-state index is 12.3. The van der Waals surface area contributed by atoms with Crippen molar-refractivity contribution in [3.63, 3.8) is 0 Å². The van der Waals surface area contributed by atoms with Crippen LogP contribution in [0.3, 0.4) is 0 Å². The summed E-state index contributed by atoms with van der Waals surface area (Å²) in [7, 11) is 0.0194. The summed E-state index contributed by atoms with van der Waals surface area (Å²) in [6, 6.07) is 10.7. The van der Waals surface area contributed by atoms with Crippen molar-refractivity contribution in [1.82, 2.24) is 14.1 Å². The summed E-state index contributed by atoms with van der Waals surface area (Å²) < 4.78 is 4.77. The van der Waals surface area contributed by atoms with Gasteiger partial charge in [0.15, 0.2) is 0 Å². The van der Waals surface area contributed by atoms with Gasteiger partial charge in [0, 0.05) is 38.9 Å². The fourth-order valence-electron chi connectivity index (χ4n) is 3.98. The minimum Gasteiger partial charge on any atom is -0.332 e. The molecule has 29 heavy (non-hydrogen) atoms. The van der Waals surface area contributed by atoms with E-state index in [0.717, 1.165) is 51.6 Å². The molecule has 158 valence electrons. The molecule has 3 aliphatic rings. The van der Waals surface area contributed by atoms with E-state index in [9.17, 15) is 4.79 Å². The molecule has 2 fully saturated rings. The molecule has 0 spiro atoms. The molecule has 0 aromatic heterocycles. The van der Waals surface area contributed by atoms with Gasteiger partial charge in [-0.25, -0.2) is 4.31 Å².